The summed E-state index contributed by atoms with van der Waals surface area (Å²) in [7, 11) is 3.80. The van der Waals surface area contributed by atoms with E-state index in [0.29, 0.717) is 36.5 Å². The third-order valence-corrected chi connectivity index (χ3v) is 4.51. The van der Waals surface area contributed by atoms with E-state index in [1.807, 2.05) is 6.92 Å². The lowest BCUT2D eigenvalue weighted by molar-refractivity contribution is -0.0505. The Balaban J connectivity index is 2.53. The number of rotatable bonds is 13. The molecule has 1 aromatic rings. The average Bonchev–Trinajstić information content (AvgIpc) is 2.68. The van der Waals surface area contributed by atoms with Gasteiger partial charge in [0.05, 0.1) is 6.61 Å². The fourth-order valence-corrected chi connectivity index (χ4v) is 2.55. The summed E-state index contributed by atoms with van der Waals surface area (Å²) in [4.78, 5) is 6.49. The molecule has 0 radical (unpaired) electrons. The van der Waals surface area contributed by atoms with Gasteiger partial charge in [0.2, 0.25) is 0 Å². The van der Waals surface area contributed by atoms with E-state index >= 15 is 0 Å². The van der Waals surface area contributed by atoms with Crippen molar-refractivity contribution in [1.82, 2.24) is 15.5 Å². The molecule has 166 valence electrons. The van der Waals surface area contributed by atoms with E-state index in [1.54, 1.807) is 19.2 Å². The summed E-state index contributed by atoms with van der Waals surface area (Å²) >= 11 is 0. The molecule has 0 saturated carbocycles. The lowest BCUT2D eigenvalue weighted by Crippen LogP contribution is -2.37. The maximum absolute atomic E-state index is 12.8. The lowest BCUT2D eigenvalue weighted by Gasteiger charge is -2.20. The first-order chi connectivity index (χ1) is 13.9. The van der Waals surface area contributed by atoms with E-state index in [0.717, 1.165) is 32.4 Å². The van der Waals surface area contributed by atoms with E-state index in [4.69, 9.17) is 4.74 Å². The Bertz CT molecular complexity index is 612. The molecular weight excluding hydrogens is 378 g/mol. The highest BCUT2D eigenvalue weighted by molar-refractivity contribution is 5.79. The Hall–Kier alpha value is -2.09. The molecule has 1 aromatic carbocycles. The number of nitrogens with zero attached hydrogens (tertiary/aromatic N) is 2. The van der Waals surface area contributed by atoms with Crippen LogP contribution in [0.3, 0.4) is 0 Å². The SMILES string of the molecule is CCCOc1ccc(CNC(=NC)NCCCCN(C)C(C)C)c(OC(F)F)c1. The monoisotopic (exact) mass is 414 g/mol. The van der Waals surface area contributed by atoms with Crippen molar-refractivity contribution in [2.45, 2.75) is 59.2 Å². The Morgan fingerprint density at radius 2 is 1.97 bits per heavy atom. The lowest BCUT2D eigenvalue weighted by atomic mass is 10.2. The highest BCUT2D eigenvalue weighted by Gasteiger charge is 2.12. The second kappa shape index (κ2) is 14.0. The number of halogens is 2. The molecule has 0 amide bonds. The second-order valence-electron chi connectivity index (χ2n) is 7.13. The van der Waals surface area contributed by atoms with Gasteiger partial charge in [0, 0.05) is 37.8 Å². The number of unbranched alkanes of at least 4 members (excludes halogenated alkanes) is 1. The fourth-order valence-electron chi connectivity index (χ4n) is 2.55. The van der Waals surface area contributed by atoms with Crippen molar-refractivity contribution in [3.8, 4) is 11.5 Å². The zero-order valence-electron chi connectivity index (χ0n) is 18.3. The summed E-state index contributed by atoms with van der Waals surface area (Å²) in [6, 6.07) is 5.53. The summed E-state index contributed by atoms with van der Waals surface area (Å²) in [5.74, 6) is 1.24. The van der Waals surface area contributed by atoms with Gasteiger partial charge in [-0.15, -0.1) is 0 Å². The van der Waals surface area contributed by atoms with E-state index in [-0.39, 0.29) is 5.75 Å². The van der Waals surface area contributed by atoms with Crippen LogP contribution in [0.5, 0.6) is 11.5 Å². The summed E-state index contributed by atoms with van der Waals surface area (Å²) in [5, 5.41) is 6.39. The minimum absolute atomic E-state index is 0.105. The molecule has 0 aliphatic carbocycles. The molecule has 0 fully saturated rings. The smallest absolute Gasteiger partial charge is 0.387 e. The molecule has 0 heterocycles. The van der Waals surface area contributed by atoms with Crippen LogP contribution in [0, 0.1) is 0 Å². The van der Waals surface area contributed by atoms with Gasteiger partial charge in [-0.25, -0.2) is 0 Å². The first-order valence-corrected chi connectivity index (χ1v) is 10.2. The van der Waals surface area contributed by atoms with Crippen molar-refractivity contribution in [1.29, 1.82) is 0 Å². The molecule has 29 heavy (non-hydrogen) atoms. The van der Waals surface area contributed by atoms with Crippen molar-refractivity contribution in [2.24, 2.45) is 4.99 Å². The molecule has 0 aliphatic rings. The standard InChI is InChI=1S/C21H36F2N4O2/c1-6-13-28-18-10-9-17(19(14-18)29-20(22)23)15-26-21(24-4)25-11-7-8-12-27(5)16(2)3/h9-10,14,16,20H,6-8,11-13,15H2,1-5H3,(H2,24,25,26). The summed E-state index contributed by atoms with van der Waals surface area (Å²) in [6.45, 7) is 6.12. The number of benzene rings is 1. The largest absolute Gasteiger partial charge is 0.493 e. The van der Waals surface area contributed by atoms with E-state index in [1.165, 1.54) is 6.07 Å². The molecule has 8 heteroatoms. The number of ether oxygens (including phenoxy) is 2. The van der Waals surface area contributed by atoms with Crippen LogP contribution in [-0.4, -0.2) is 57.3 Å². The molecule has 0 aliphatic heterocycles. The van der Waals surface area contributed by atoms with Gasteiger partial charge in [0.15, 0.2) is 5.96 Å². The third-order valence-electron chi connectivity index (χ3n) is 4.51. The summed E-state index contributed by atoms with van der Waals surface area (Å²) in [6.07, 6.45) is 2.94. The van der Waals surface area contributed by atoms with Crippen molar-refractivity contribution >= 4 is 5.96 Å². The van der Waals surface area contributed by atoms with Crippen molar-refractivity contribution < 1.29 is 18.3 Å². The van der Waals surface area contributed by atoms with Crippen LogP contribution in [0.25, 0.3) is 0 Å². The Labute approximate surface area is 173 Å². The van der Waals surface area contributed by atoms with Crippen LogP contribution in [-0.2, 0) is 6.54 Å². The predicted molar refractivity (Wildman–Crippen MR) is 114 cm³/mol. The zero-order valence-corrected chi connectivity index (χ0v) is 18.3. The maximum atomic E-state index is 12.8. The molecule has 2 N–H and O–H groups in total. The predicted octanol–water partition coefficient (Wildman–Crippen LogP) is 3.86. The first kappa shape index (κ1) is 24.9. The highest BCUT2D eigenvalue weighted by atomic mass is 19.3. The summed E-state index contributed by atoms with van der Waals surface area (Å²) in [5.41, 5.74) is 0.607. The maximum Gasteiger partial charge on any atom is 0.387 e. The number of hydrogen-bond donors (Lipinski definition) is 2. The Kier molecular flexibility index (Phi) is 12.0. The molecule has 0 unspecified atom stereocenters. The van der Waals surface area contributed by atoms with Crippen molar-refractivity contribution in [3.05, 3.63) is 23.8 Å². The van der Waals surface area contributed by atoms with E-state index in [9.17, 15) is 8.78 Å². The fraction of sp³-hybridized carbons (Fsp3) is 0.667. The number of aliphatic imine (C=N–C) groups is 1. The number of guanidine groups is 1. The summed E-state index contributed by atoms with van der Waals surface area (Å²) < 4.78 is 35.7. The van der Waals surface area contributed by atoms with Gasteiger partial charge in [-0.1, -0.05) is 6.92 Å². The first-order valence-electron chi connectivity index (χ1n) is 10.2. The van der Waals surface area contributed by atoms with Gasteiger partial charge in [-0.05, 0) is 58.8 Å². The third kappa shape index (κ3) is 10.3. The van der Waals surface area contributed by atoms with Gasteiger partial charge >= 0.3 is 6.61 Å². The molecule has 0 bridgehead atoms. The number of hydrogen-bond acceptors (Lipinski definition) is 4. The van der Waals surface area contributed by atoms with Crippen LogP contribution in [0.15, 0.2) is 23.2 Å². The van der Waals surface area contributed by atoms with Crippen LogP contribution >= 0.6 is 0 Å². The van der Waals surface area contributed by atoms with Crippen LogP contribution < -0.4 is 20.1 Å². The Morgan fingerprint density at radius 1 is 1.21 bits per heavy atom. The molecular formula is C21H36F2N4O2. The molecule has 6 nitrogen and oxygen atoms in total. The zero-order chi connectivity index (χ0) is 21.6. The van der Waals surface area contributed by atoms with Gasteiger partial charge < -0.3 is 25.0 Å². The minimum atomic E-state index is -2.89. The molecule has 0 aromatic heterocycles. The highest BCUT2D eigenvalue weighted by Crippen LogP contribution is 2.26. The second-order valence-corrected chi connectivity index (χ2v) is 7.13. The normalized spacial score (nSPS) is 12.0. The Morgan fingerprint density at radius 3 is 2.59 bits per heavy atom. The molecule has 0 saturated heterocycles. The van der Waals surface area contributed by atoms with Crippen LogP contribution in [0.2, 0.25) is 0 Å². The number of nitrogens with one attached hydrogen (secondary N) is 2. The van der Waals surface area contributed by atoms with Crippen molar-refractivity contribution in [2.75, 3.05) is 33.8 Å². The molecule has 0 atom stereocenters. The molecule has 0 spiro atoms. The number of alkyl halides is 2. The van der Waals surface area contributed by atoms with Gasteiger partial charge in [-0.2, -0.15) is 8.78 Å². The van der Waals surface area contributed by atoms with E-state index < -0.39 is 6.61 Å². The van der Waals surface area contributed by atoms with Crippen molar-refractivity contribution in [3.63, 3.8) is 0 Å². The van der Waals surface area contributed by atoms with E-state index in [2.05, 4.69) is 46.2 Å². The van der Waals surface area contributed by atoms with Crippen LogP contribution in [0.4, 0.5) is 8.78 Å². The van der Waals surface area contributed by atoms with Gasteiger partial charge in [0.1, 0.15) is 11.5 Å². The van der Waals surface area contributed by atoms with Gasteiger partial charge in [0.25, 0.3) is 0 Å². The molecule has 1 rings (SSSR count). The van der Waals surface area contributed by atoms with Crippen LogP contribution in [0.1, 0.15) is 45.6 Å². The topological polar surface area (TPSA) is 58.1 Å². The average molecular weight is 415 g/mol. The minimum Gasteiger partial charge on any atom is -0.493 e. The quantitative estimate of drug-likeness (QED) is 0.292. The van der Waals surface area contributed by atoms with Gasteiger partial charge in [-0.3, -0.25) is 4.99 Å².